The van der Waals surface area contributed by atoms with Gasteiger partial charge >= 0.3 is 5.97 Å². The van der Waals surface area contributed by atoms with Gasteiger partial charge in [0.15, 0.2) is 11.6 Å². The summed E-state index contributed by atoms with van der Waals surface area (Å²) in [6.07, 6.45) is 0. The van der Waals surface area contributed by atoms with Crippen LogP contribution in [0.4, 0.5) is 4.39 Å². The Kier molecular flexibility index (Phi) is 7.03. The fourth-order valence-electron chi connectivity index (χ4n) is 2.15. The summed E-state index contributed by atoms with van der Waals surface area (Å²) in [5.41, 5.74) is 0.430. The van der Waals surface area contributed by atoms with Gasteiger partial charge in [-0.2, -0.15) is 0 Å². The predicted molar refractivity (Wildman–Crippen MR) is 98.3 cm³/mol. The molecule has 26 heavy (non-hydrogen) atoms. The van der Waals surface area contributed by atoms with Gasteiger partial charge in [-0.1, -0.05) is 24.3 Å². The Hall–Kier alpha value is -2.54. The van der Waals surface area contributed by atoms with Crippen molar-refractivity contribution < 1.29 is 23.8 Å². The molecular weight excluding hydrogens is 357 g/mol. The van der Waals surface area contributed by atoms with Gasteiger partial charge in [-0.3, -0.25) is 9.59 Å². The lowest BCUT2D eigenvalue weighted by Gasteiger charge is -2.19. The van der Waals surface area contributed by atoms with E-state index in [1.54, 1.807) is 50.4 Å². The van der Waals surface area contributed by atoms with E-state index in [0.717, 1.165) is 11.8 Å². The number of benzene rings is 2. The summed E-state index contributed by atoms with van der Waals surface area (Å²) in [5, 5.41) is 8.40. The molecule has 2 rings (SSSR count). The fourth-order valence-corrected chi connectivity index (χ4v) is 3.07. The van der Waals surface area contributed by atoms with E-state index >= 15 is 0 Å². The van der Waals surface area contributed by atoms with E-state index in [2.05, 4.69) is 0 Å². The van der Waals surface area contributed by atoms with E-state index in [0.29, 0.717) is 10.5 Å². The Balaban J connectivity index is 1.99. The zero-order valence-electron chi connectivity index (χ0n) is 14.5. The predicted octanol–water partition coefficient (Wildman–Crippen LogP) is 3.54. The molecule has 0 spiro atoms. The van der Waals surface area contributed by atoms with Crippen LogP contribution in [0.2, 0.25) is 0 Å². The molecule has 0 fully saturated rings. The second-order valence-electron chi connectivity index (χ2n) is 5.60. The number of carbonyl (C=O) groups excluding carboxylic acids is 1. The third kappa shape index (κ3) is 5.23. The summed E-state index contributed by atoms with van der Waals surface area (Å²) in [5.74, 6) is -1.50. The van der Waals surface area contributed by atoms with Crippen LogP contribution < -0.4 is 4.74 Å². The standard InChI is InChI=1S/C19H20FNO4S/c1-13(19(23)24)26-17-10-6-3-7-14(17)18(22)21(2)11-12-25-16-9-5-4-8-15(16)20/h3-10,13H,11-12H2,1-2H3,(H,23,24). The van der Waals surface area contributed by atoms with Crippen molar-refractivity contribution in [2.24, 2.45) is 0 Å². The number of rotatable bonds is 8. The Morgan fingerprint density at radius 1 is 1.19 bits per heavy atom. The number of carboxylic acid groups (broad SMARTS) is 1. The van der Waals surface area contributed by atoms with Crippen LogP contribution in [0.25, 0.3) is 0 Å². The highest BCUT2D eigenvalue weighted by Crippen LogP contribution is 2.27. The monoisotopic (exact) mass is 377 g/mol. The number of para-hydroxylation sites is 1. The minimum absolute atomic E-state index is 0.139. The average Bonchev–Trinajstić information content (AvgIpc) is 2.63. The Bertz CT molecular complexity index is 784. The normalized spacial score (nSPS) is 11.7. The highest BCUT2D eigenvalue weighted by atomic mass is 32.2. The maximum absolute atomic E-state index is 13.5. The molecule has 2 aromatic carbocycles. The van der Waals surface area contributed by atoms with E-state index in [9.17, 15) is 14.0 Å². The highest BCUT2D eigenvalue weighted by Gasteiger charge is 2.20. The van der Waals surface area contributed by atoms with Gasteiger partial charge in [0.25, 0.3) is 5.91 Å². The van der Waals surface area contributed by atoms with E-state index in [-0.39, 0.29) is 24.8 Å². The summed E-state index contributed by atoms with van der Waals surface area (Å²) in [6.45, 7) is 1.98. The number of carboxylic acids is 1. The van der Waals surface area contributed by atoms with Crippen LogP contribution in [0.3, 0.4) is 0 Å². The maximum Gasteiger partial charge on any atom is 0.316 e. The number of hydrogen-bond donors (Lipinski definition) is 1. The third-order valence-corrected chi connectivity index (χ3v) is 4.80. The highest BCUT2D eigenvalue weighted by molar-refractivity contribution is 8.00. The summed E-state index contributed by atoms with van der Waals surface area (Å²) in [6, 6.07) is 12.9. The average molecular weight is 377 g/mol. The van der Waals surface area contributed by atoms with Gasteiger partial charge in [-0.15, -0.1) is 11.8 Å². The molecule has 2 aromatic rings. The van der Waals surface area contributed by atoms with Gasteiger partial charge in [0.05, 0.1) is 12.1 Å². The molecule has 0 bridgehead atoms. The van der Waals surface area contributed by atoms with Crippen molar-refractivity contribution in [3.05, 3.63) is 59.9 Å². The van der Waals surface area contributed by atoms with Crippen LogP contribution in [0.1, 0.15) is 17.3 Å². The van der Waals surface area contributed by atoms with Crippen LogP contribution in [-0.2, 0) is 4.79 Å². The summed E-state index contributed by atoms with van der Waals surface area (Å²) in [7, 11) is 1.62. The minimum Gasteiger partial charge on any atom is -0.489 e. The Morgan fingerprint density at radius 3 is 2.54 bits per heavy atom. The minimum atomic E-state index is -0.941. The lowest BCUT2D eigenvalue weighted by atomic mass is 10.2. The van der Waals surface area contributed by atoms with Crippen molar-refractivity contribution in [2.75, 3.05) is 20.2 Å². The zero-order chi connectivity index (χ0) is 19.1. The Labute approximate surface area is 155 Å². The van der Waals surface area contributed by atoms with Gasteiger partial charge in [0, 0.05) is 11.9 Å². The molecule has 1 unspecified atom stereocenters. The first-order valence-electron chi connectivity index (χ1n) is 8.01. The molecule has 0 aliphatic rings. The molecule has 0 radical (unpaired) electrons. The number of nitrogens with zero attached hydrogens (tertiary/aromatic N) is 1. The summed E-state index contributed by atoms with van der Waals surface area (Å²) >= 11 is 1.12. The molecule has 1 atom stereocenters. The molecular formula is C19H20FNO4S. The fraction of sp³-hybridized carbons (Fsp3) is 0.263. The molecule has 0 aliphatic carbocycles. The van der Waals surface area contributed by atoms with Crippen LogP contribution in [0.15, 0.2) is 53.4 Å². The third-order valence-electron chi connectivity index (χ3n) is 3.64. The van der Waals surface area contributed by atoms with E-state index in [4.69, 9.17) is 9.84 Å². The number of ether oxygens (including phenoxy) is 1. The van der Waals surface area contributed by atoms with Crippen LogP contribution >= 0.6 is 11.8 Å². The molecule has 0 heterocycles. The second-order valence-corrected chi connectivity index (χ2v) is 6.98. The van der Waals surface area contributed by atoms with E-state index in [1.807, 2.05) is 0 Å². The van der Waals surface area contributed by atoms with Crippen LogP contribution in [-0.4, -0.2) is 47.3 Å². The lowest BCUT2D eigenvalue weighted by molar-refractivity contribution is -0.136. The summed E-state index contributed by atoms with van der Waals surface area (Å²) < 4.78 is 18.9. The lowest BCUT2D eigenvalue weighted by Crippen LogP contribution is -2.31. The number of likely N-dealkylation sites (N-methyl/N-ethyl adjacent to an activating group) is 1. The number of carbonyl (C=O) groups is 2. The second kappa shape index (κ2) is 9.24. The van der Waals surface area contributed by atoms with Crippen LogP contribution in [0, 0.1) is 5.82 Å². The molecule has 0 aromatic heterocycles. The first kappa shape index (κ1) is 19.8. The smallest absolute Gasteiger partial charge is 0.316 e. The Morgan fingerprint density at radius 2 is 1.85 bits per heavy atom. The van der Waals surface area contributed by atoms with Crippen molar-refractivity contribution in [2.45, 2.75) is 17.1 Å². The first-order valence-corrected chi connectivity index (χ1v) is 8.89. The van der Waals surface area contributed by atoms with Crippen molar-refractivity contribution in [3.8, 4) is 5.75 Å². The molecule has 5 nitrogen and oxygen atoms in total. The number of thioether (sulfide) groups is 1. The topological polar surface area (TPSA) is 66.8 Å². The number of halogens is 1. The molecule has 0 saturated carbocycles. The molecule has 0 saturated heterocycles. The van der Waals surface area contributed by atoms with Gasteiger partial charge in [-0.05, 0) is 31.2 Å². The van der Waals surface area contributed by atoms with E-state index < -0.39 is 17.0 Å². The largest absolute Gasteiger partial charge is 0.489 e. The maximum atomic E-state index is 13.5. The number of amides is 1. The number of hydrogen-bond acceptors (Lipinski definition) is 4. The van der Waals surface area contributed by atoms with Gasteiger partial charge in [0.1, 0.15) is 11.9 Å². The van der Waals surface area contributed by atoms with Crippen LogP contribution in [0.5, 0.6) is 5.75 Å². The van der Waals surface area contributed by atoms with Crippen molar-refractivity contribution in [1.29, 1.82) is 0 Å². The molecule has 1 amide bonds. The number of aliphatic carboxylic acids is 1. The van der Waals surface area contributed by atoms with E-state index in [1.165, 1.54) is 17.0 Å². The quantitative estimate of drug-likeness (QED) is 0.713. The zero-order valence-corrected chi connectivity index (χ0v) is 15.3. The molecule has 0 aliphatic heterocycles. The van der Waals surface area contributed by atoms with Crippen molar-refractivity contribution >= 4 is 23.6 Å². The van der Waals surface area contributed by atoms with Gasteiger partial charge in [-0.25, -0.2) is 4.39 Å². The van der Waals surface area contributed by atoms with Gasteiger partial charge in [0.2, 0.25) is 0 Å². The van der Waals surface area contributed by atoms with Gasteiger partial charge < -0.3 is 14.7 Å². The molecule has 138 valence electrons. The van der Waals surface area contributed by atoms with Crippen molar-refractivity contribution in [1.82, 2.24) is 4.90 Å². The summed E-state index contributed by atoms with van der Waals surface area (Å²) in [4.78, 5) is 25.8. The van der Waals surface area contributed by atoms with Crippen molar-refractivity contribution in [3.63, 3.8) is 0 Å². The molecule has 7 heteroatoms. The molecule has 1 N–H and O–H groups in total. The SMILES string of the molecule is CC(Sc1ccccc1C(=O)N(C)CCOc1ccccc1F)C(=O)O. The first-order chi connectivity index (χ1) is 12.4.